The van der Waals surface area contributed by atoms with Crippen LogP contribution in [0, 0.1) is 0 Å². The van der Waals surface area contributed by atoms with E-state index in [-0.39, 0.29) is 6.04 Å². The van der Waals surface area contributed by atoms with Gasteiger partial charge in [0.25, 0.3) is 0 Å². The Balaban J connectivity index is 2.05. The maximum Gasteiger partial charge on any atom is 0.191 e. The van der Waals surface area contributed by atoms with Crippen LogP contribution < -0.4 is 20.1 Å². The van der Waals surface area contributed by atoms with Crippen LogP contribution in [0.3, 0.4) is 0 Å². The SMILES string of the molecule is CCNC(=NCC(c1ccc(OC)c(OC)c1)N(C)C)NCCc1ncc(CC)s1. The zero-order valence-corrected chi connectivity index (χ0v) is 19.8. The number of hydrogen-bond acceptors (Lipinski definition) is 6. The molecule has 0 spiro atoms. The molecule has 2 aromatic rings. The fourth-order valence-electron chi connectivity index (χ4n) is 3.06. The van der Waals surface area contributed by atoms with Crippen LogP contribution in [0.5, 0.6) is 11.5 Å². The van der Waals surface area contributed by atoms with Gasteiger partial charge in [-0.15, -0.1) is 11.3 Å². The van der Waals surface area contributed by atoms with E-state index >= 15 is 0 Å². The molecule has 8 heteroatoms. The smallest absolute Gasteiger partial charge is 0.191 e. The van der Waals surface area contributed by atoms with E-state index in [4.69, 9.17) is 14.5 Å². The van der Waals surface area contributed by atoms with Gasteiger partial charge in [-0.2, -0.15) is 0 Å². The number of aryl methyl sites for hydroxylation is 1. The van der Waals surface area contributed by atoms with Gasteiger partial charge >= 0.3 is 0 Å². The van der Waals surface area contributed by atoms with Crippen LogP contribution in [0.15, 0.2) is 29.4 Å². The van der Waals surface area contributed by atoms with Crippen LogP contribution in [-0.4, -0.2) is 63.8 Å². The van der Waals surface area contributed by atoms with E-state index in [1.807, 2.05) is 18.3 Å². The van der Waals surface area contributed by atoms with E-state index in [9.17, 15) is 0 Å². The maximum absolute atomic E-state index is 5.47. The summed E-state index contributed by atoms with van der Waals surface area (Å²) in [6, 6.07) is 6.14. The van der Waals surface area contributed by atoms with Crippen molar-refractivity contribution in [2.24, 2.45) is 4.99 Å². The molecular weight excluding hydrogens is 398 g/mol. The molecule has 2 N–H and O–H groups in total. The summed E-state index contributed by atoms with van der Waals surface area (Å²) in [6.45, 7) is 6.46. The quantitative estimate of drug-likeness (QED) is 0.419. The number of benzene rings is 1. The monoisotopic (exact) mass is 433 g/mol. The van der Waals surface area contributed by atoms with Gasteiger partial charge in [0.15, 0.2) is 17.5 Å². The fraction of sp³-hybridized carbons (Fsp3) is 0.545. The average molecular weight is 434 g/mol. The first-order chi connectivity index (χ1) is 14.5. The van der Waals surface area contributed by atoms with Crippen molar-refractivity contribution < 1.29 is 9.47 Å². The van der Waals surface area contributed by atoms with E-state index < -0.39 is 0 Å². The van der Waals surface area contributed by atoms with Crippen LogP contribution in [-0.2, 0) is 12.8 Å². The van der Waals surface area contributed by atoms with Crippen molar-refractivity contribution in [2.45, 2.75) is 32.7 Å². The zero-order chi connectivity index (χ0) is 21.9. The van der Waals surface area contributed by atoms with Crippen molar-refractivity contribution in [1.29, 1.82) is 0 Å². The lowest BCUT2D eigenvalue weighted by atomic mass is 10.1. The van der Waals surface area contributed by atoms with E-state index in [2.05, 4.69) is 54.5 Å². The molecule has 0 radical (unpaired) electrons. The van der Waals surface area contributed by atoms with E-state index in [0.717, 1.165) is 54.0 Å². The number of ether oxygens (including phenoxy) is 2. The first-order valence-electron chi connectivity index (χ1n) is 10.4. The van der Waals surface area contributed by atoms with E-state index in [0.29, 0.717) is 6.54 Å². The molecule has 0 saturated heterocycles. The van der Waals surface area contributed by atoms with Crippen molar-refractivity contribution in [1.82, 2.24) is 20.5 Å². The largest absolute Gasteiger partial charge is 0.493 e. The molecule has 1 heterocycles. The first kappa shape index (κ1) is 24.0. The molecule has 1 aromatic carbocycles. The summed E-state index contributed by atoms with van der Waals surface area (Å²) in [5, 5.41) is 7.91. The average Bonchev–Trinajstić information content (AvgIpc) is 3.21. The van der Waals surface area contributed by atoms with Gasteiger partial charge in [0.2, 0.25) is 0 Å². The minimum absolute atomic E-state index is 0.117. The van der Waals surface area contributed by atoms with Crippen molar-refractivity contribution in [3.63, 3.8) is 0 Å². The van der Waals surface area contributed by atoms with Gasteiger partial charge < -0.3 is 25.0 Å². The highest BCUT2D eigenvalue weighted by Crippen LogP contribution is 2.31. The molecule has 0 aliphatic heterocycles. The van der Waals surface area contributed by atoms with Gasteiger partial charge in [-0.1, -0.05) is 13.0 Å². The molecular formula is C22H35N5O2S. The van der Waals surface area contributed by atoms with Gasteiger partial charge in [0.1, 0.15) is 0 Å². The third-order valence-corrected chi connectivity index (χ3v) is 5.96. The van der Waals surface area contributed by atoms with Gasteiger partial charge in [-0.25, -0.2) is 4.98 Å². The summed E-state index contributed by atoms with van der Waals surface area (Å²) in [6.07, 6.45) is 3.91. The molecule has 0 amide bonds. The molecule has 0 aliphatic carbocycles. The van der Waals surface area contributed by atoms with E-state index in [1.54, 1.807) is 25.6 Å². The van der Waals surface area contributed by atoms with Gasteiger partial charge in [-0.05, 0) is 45.1 Å². The first-order valence-corrected chi connectivity index (χ1v) is 11.2. The third-order valence-electron chi connectivity index (χ3n) is 4.76. The Morgan fingerprint density at radius 2 is 1.93 bits per heavy atom. The molecule has 0 bridgehead atoms. The lowest BCUT2D eigenvalue weighted by molar-refractivity contribution is 0.303. The predicted molar refractivity (Wildman–Crippen MR) is 125 cm³/mol. The summed E-state index contributed by atoms with van der Waals surface area (Å²) in [5.41, 5.74) is 1.13. The zero-order valence-electron chi connectivity index (χ0n) is 19.0. The van der Waals surface area contributed by atoms with Crippen molar-refractivity contribution in [2.75, 3.05) is 47.9 Å². The minimum atomic E-state index is 0.117. The Labute approximate surface area is 184 Å². The fourth-order valence-corrected chi connectivity index (χ4v) is 3.92. The summed E-state index contributed by atoms with van der Waals surface area (Å²) in [5.74, 6) is 2.27. The number of rotatable bonds is 11. The maximum atomic E-state index is 5.47. The summed E-state index contributed by atoms with van der Waals surface area (Å²) < 4.78 is 10.8. The number of thiazole rings is 1. The predicted octanol–water partition coefficient (Wildman–Crippen LogP) is 3.12. The summed E-state index contributed by atoms with van der Waals surface area (Å²) in [7, 11) is 7.42. The number of nitrogens with zero attached hydrogens (tertiary/aromatic N) is 3. The number of hydrogen-bond donors (Lipinski definition) is 2. The normalized spacial score (nSPS) is 12.7. The van der Waals surface area contributed by atoms with Crippen LogP contribution in [0.4, 0.5) is 0 Å². The van der Waals surface area contributed by atoms with E-state index in [1.165, 1.54) is 4.88 Å². The number of aromatic nitrogens is 1. The van der Waals surface area contributed by atoms with Gasteiger partial charge in [0, 0.05) is 30.6 Å². The molecule has 0 saturated carbocycles. The topological polar surface area (TPSA) is 71.0 Å². The minimum Gasteiger partial charge on any atom is -0.493 e. The van der Waals surface area contributed by atoms with Crippen LogP contribution in [0.2, 0.25) is 0 Å². The molecule has 0 fully saturated rings. The van der Waals surface area contributed by atoms with Gasteiger partial charge in [0.05, 0.1) is 31.8 Å². The van der Waals surface area contributed by atoms with Crippen LogP contribution in [0.1, 0.15) is 35.3 Å². The van der Waals surface area contributed by atoms with Crippen LogP contribution in [0.25, 0.3) is 0 Å². The Hall–Kier alpha value is -2.32. The lowest BCUT2D eigenvalue weighted by Gasteiger charge is -2.24. The van der Waals surface area contributed by atoms with Crippen LogP contribution >= 0.6 is 11.3 Å². The number of methoxy groups -OCH3 is 2. The molecule has 2 rings (SSSR count). The third kappa shape index (κ3) is 6.88. The second-order valence-corrected chi connectivity index (χ2v) is 8.26. The number of guanidine groups is 1. The second-order valence-electron chi connectivity index (χ2n) is 7.06. The Bertz CT molecular complexity index is 807. The standard InChI is InChI=1S/C22H35N5O2S/c1-7-17-14-25-21(30-17)11-12-24-22(23-8-2)26-15-18(27(3)4)16-9-10-19(28-5)20(13-16)29-6/h9-10,13-14,18H,7-8,11-12,15H2,1-6H3,(H2,23,24,26). The lowest BCUT2D eigenvalue weighted by Crippen LogP contribution is -2.39. The highest BCUT2D eigenvalue weighted by molar-refractivity contribution is 7.11. The van der Waals surface area contributed by atoms with Gasteiger partial charge in [-0.3, -0.25) is 4.99 Å². The summed E-state index contributed by atoms with van der Waals surface area (Å²) >= 11 is 1.78. The Morgan fingerprint density at radius 1 is 1.17 bits per heavy atom. The molecule has 30 heavy (non-hydrogen) atoms. The highest BCUT2D eigenvalue weighted by Gasteiger charge is 2.17. The highest BCUT2D eigenvalue weighted by atomic mass is 32.1. The molecule has 7 nitrogen and oxygen atoms in total. The molecule has 1 atom stereocenters. The molecule has 1 aromatic heterocycles. The molecule has 1 unspecified atom stereocenters. The number of likely N-dealkylation sites (N-methyl/N-ethyl adjacent to an activating group) is 1. The second kappa shape index (κ2) is 12.4. The van der Waals surface area contributed by atoms with Crippen molar-refractivity contribution in [3.8, 4) is 11.5 Å². The number of nitrogens with one attached hydrogen (secondary N) is 2. The Kier molecular flexibility index (Phi) is 9.89. The van der Waals surface area contributed by atoms with Crippen molar-refractivity contribution in [3.05, 3.63) is 39.8 Å². The van der Waals surface area contributed by atoms with Crippen molar-refractivity contribution >= 4 is 17.3 Å². The number of aliphatic imine (C=N–C) groups is 1. The Morgan fingerprint density at radius 3 is 2.53 bits per heavy atom. The summed E-state index contributed by atoms with van der Waals surface area (Å²) in [4.78, 5) is 12.8. The molecule has 166 valence electrons. The molecule has 0 aliphatic rings.